The van der Waals surface area contributed by atoms with Crippen molar-refractivity contribution in [2.24, 2.45) is 0 Å². The van der Waals surface area contributed by atoms with Crippen molar-refractivity contribution in [2.75, 3.05) is 17.3 Å². The Morgan fingerprint density at radius 1 is 1.15 bits per heavy atom. The van der Waals surface area contributed by atoms with E-state index in [1.54, 1.807) is 31.2 Å². The standard InChI is InChI=1S/C14H22N2O3S/c1-10(2)15-14(17)12-5-7-13(8-6-12)16-11(3)9-20(4,18)19/h5-8,10-11,16H,9H2,1-4H3,(H,15,17). The van der Waals surface area contributed by atoms with Crippen LogP contribution in [0.4, 0.5) is 5.69 Å². The van der Waals surface area contributed by atoms with E-state index in [-0.39, 0.29) is 23.7 Å². The van der Waals surface area contributed by atoms with Gasteiger partial charge in [0.1, 0.15) is 9.84 Å². The van der Waals surface area contributed by atoms with Gasteiger partial charge in [-0.2, -0.15) is 0 Å². The van der Waals surface area contributed by atoms with E-state index in [4.69, 9.17) is 0 Å². The molecule has 0 fully saturated rings. The van der Waals surface area contributed by atoms with Gasteiger partial charge in [0, 0.05) is 29.6 Å². The summed E-state index contributed by atoms with van der Waals surface area (Å²) in [6.07, 6.45) is 1.21. The normalized spacial score (nSPS) is 13.1. The number of carbonyl (C=O) groups excluding carboxylic acids is 1. The highest BCUT2D eigenvalue weighted by molar-refractivity contribution is 7.90. The second-order valence-electron chi connectivity index (χ2n) is 5.34. The summed E-state index contributed by atoms with van der Waals surface area (Å²) in [5.74, 6) is -0.0430. The second-order valence-corrected chi connectivity index (χ2v) is 7.53. The zero-order valence-electron chi connectivity index (χ0n) is 12.3. The molecule has 2 N–H and O–H groups in total. The molecule has 5 nitrogen and oxygen atoms in total. The highest BCUT2D eigenvalue weighted by Crippen LogP contribution is 2.11. The van der Waals surface area contributed by atoms with Gasteiger partial charge >= 0.3 is 0 Å². The Bertz CT molecular complexity index is 550. The molecule has 0 bridgehead atoms. The van der Waals surface area contributed by atoms with E-state index in [9.17, 15) is 13.2 Å². The van der Waals surface area contributed by atoms with Crippen LogP contribution in [0.5, 0.6) is 0 Å². The van der Waals surface area contributed by atoms with E-state index in [2.05, 4.69) is 10.6 Å². The van der Waals surface area contributed by atoms with Crippen LogP contribution in [0, 0.1) is 0 Å². The Balaban J connectivity index is 2.65. The summed E-state index contributed by atoms with van der Waals surface area (Å²) < 4.78 is 22.4. The predicted molar refractivity (Wildman–Crippen MR) is 81.8 cm³/mol. The van der Waals surface area contributed by atoms with Crippen LogP contribution < -0.4 is 10.6 Å². The highest BCUT2D eigenvalue weighted by atomic mass is 32.2. The highest BCUT2D eigenvalue weighted by Gasteiger charge is 2.11. The smallest absolute Gasteiger partial charge is 0.251 e. The van der Waals surface area contributed by atoms with Gasteiger partial charge in [-0.1, -0.05) is 0 Å². The van der Waals surface area contributed by atoms with Gasteiger partial charge in [-0.15, -0.1) is 0 Å². The molecular formula is C14H22N2O3S. The number of hydrogen-bond donors (Lipinski definition) is 2. The van der Waals surface area contributed by atoms with Crippen LogP contribution >= 0.6 is 0 Å². The minimum atomic E-state index is -3.01. The van der Waals surface area contributed by atoms with Gasteiger partial charge in [0.2, 0.25) is 0 Å². The zero-order valence-corrected chi connectivity index (χ0v) is 13.1. The second kappa shape index (κ2) is 6.74. The van der Waals surface area contributed by atoms with Crippen molar-refractivity contribution in [2.45, 2.75) is 32.9 Å². The van der Waals surface area contributed by atoms with Crippen molar-refractivity contribution < 1.29 is 13.2 Å². The molecule has 0 heterocycles. The third-order valence-corrected chi connectivity index (χ3v) is 3.64. The summed E-state index contributed by atoms with van der Waals surface area (Å²) in [5.41, 5.74) is 1.38. The van der Waals surface area contributed by atoms with Crippen LogP contribution in [0.2, 0.25) is 0 Å². The average molecular weight is 298 g/mol. The van der Waals surface area contributed by atoms with Gasteiger partial charge in [0.15, 0.2) is 0 Å². The summed E-state index contributed by atoms with van der Waals surface area (Å²) in [5, 5.41) is 5.91. The number of nitrogens with one attached hydrogen (secondary N) is 2. The minimum Gasteiger partial charge on any atom is -0.382 e. The van der Waals surface area contributed by atoms with E-state index < -0.39 is 9.84 Å². The molecule has 0 aliphatic heterocycles. The maximum atomic E-state index is 11.8. The minimum absolute atomic E-state index is 0.0720. The number of rotatable bonds is 6. The van der Waals surface area contributed by atoms with E-state index in [1.807, 2.05) is 13.8 Å². The lowest BCUT2D eigenvalue weighted by Gasteiger charge is -2.14. The lowest BCUT2D eigenvalue weighted by atomic mass is 10.1. The maximum absolute atomic E-state index is 11.8. The van der Waals surface area contributed by atoms with Crippen LogP contribution in [0.1, 0.15) is 31.1 Å². The molecular weight excluding hydrogens is 276 g/mol. The largest absolute Gasteiger partial charge is 0.382 e. The molecule has 112 valence electrons. The van der Waals surface area contributed by atoms with Crippen LogP contribution in [0.15, 0.2) is 24.3 Å². The van der Waals surface area contributed by atoms with Gasteiger partial charge in [-0.3, -0.25) is 4.79 Å². The predicted octanol–water partition coefficient (Wildman–Crippen LogP) is 1.67. The molecule has 1 amide bonds. The van der Waals surface area contributed by atoms with Crippen LogP contribution in [-0.4, -0.2) is 38.4 Å². The number of anilines is 1. The molecule has 1 unspecified atom stereocenters. The third-order valence-electron chi connectivity index (χ3n) is 2.53. The molecule has 1 rings (SSSR count). The molecule has 0 aliphatic carbocycles. The van der Waals surface area contributed by atoms with Crippen molar-refractivity contribution in [1.82, 2.24) is 5.32 Å². The van der Waals surface area contributed by atoms with Crippen molar-refractivity contribution in [1.29, 1.82) is 0 Å². The quantitative estimate of drug-likeness (QED) is 0.837. The molecule has 1 aromatic rings. The van der Waals surface area contributed by atoms with Gasteiger partial charge in [0.25, 0.3) is 5.91 Å². The molecule has 0 spiro atoms. The third kappa shape index (κ3) is 6.06. The Labute approximate surface area is 120 Å². The number of benzene rings is 1. The summed E-state index contributed by atoms with van der Waals surface area (Å²) in [6.45, 7) is 5.61. The lowest BCUT2D eigenvalue weighted by Crippen LogP contribution is -2.30. The molecule has 0 saturated carbocycles. The first-order valence-electron chi connectivity index (χ1n) is 6.52. The fraction of sp³-hybridized carbons (Fsp3) is 0.500. The number of hydrogen-bond acceptors (Lipinski definition) is 4. The Kier molecular flexibility index (Phi) is 5.56. The van der Waals surface area contributed by atoms with Gasteiger partial charge in [0.05, 0.1) is 5.75 Å². The van der Waals surface area contributed by atoms with E-state index >= 15 is 0 Å². The van der Waals surface area contributed by atoms with Gasteiger partial charge < -0.3 is 10.6 Å². The molecule has 0 aromatic heterocycles. The summed E-state index contributed by atoms with van der Waals surface area (Å²) in [6, 6.07) is 6.89. The zero-order chi connectivity index (χ0) is 15.3. The van der Waals surface area contributed by atoms with E-state index in [1.165, 1.54) is 6.26 Å². The molecule has 1 aromatic carbocycles. The fourth-order valence-electron chi connectivity index (χ4n) is 1.84. The monoisotopic (exact) mass is 298 g/mol. The average Bonchev–Trinajstić information content (AvgIpc) is 2.26. The van der Waals surface area contributed by atoms with Crippen molar-refractivity contribution in [3.63, 3.8) is 0 Å². The first-order valence-corrected chi connectivity index (χ1v) is 8.58. The lowest BCUT2D eigenvalue weighted by molar-refractivity contribution is 0.0943. The molecule has 0 aliphatic rings. The number of carbonyl (C=O) groups is 1. The summed E-state index contributed by atoms with van der Waals surface area (Å²) >= 11 is 0. The van der Waals surface area contributed by atoms with Crippen molar-refractivity contribution in [3.05, 3.63) is 29.8 Å². The van der Waals surface area contributed by atoms with Crippen LogP contribution in [0.25, 0.3) is 0 Å². The number of sulfone groups is 1. The van der Waals surface area contributed by atoms with E-state index in [0.29, 0.717) is 5.56 Å². The Hall–Kier alpha value is -1.56. The SMILES string of the molecule is CC(C)NC(=O)c1ccc(NC(C)CS(C)(=O)=O)cc1. The van der Waals surface area contributed by atoms with Gasteiger partial charge in [-0.25, -0.2) is 8.42 Å². The van der Waals surface area contributed by atoms with E-state index in [0.717, 1.165) is 5.69 Å². The summed E-state index contributed by atoms with van der Waals surface area (Å²) in [7, 11) is -3.01. The Morgan fingerprint density at radius 2 is 1.70 bits per heavy atom. The summed E-state index contributed by atoms with van der Waals surface area (Å²) in [4.78, 5) is 11.8. The fourth-order valence-corrected chi connectivity index (χ4v) is 2.84. The van der Waals surface area contributed by atoms with Crippen molar-refractivity contribution >= 4 is 21.4 Å². The first kappa shape index (κ1) is 16.5. The first-order chi connectivity index (χ1) is 9.17. The molecule has 6 heteroatoms. The molecule has 0 saturated heterocycles. The van der Waals surface area contributed by atoms with Gasteiger partial charge in [-0.05, 0) is 45.0 Å². The van der Waals surface area contributed by atoms with Crippen LogP contribution in [0.3, 0.4) is 0 Å². The Morgan fingerprint density at radius 3 is 2.15 bits per heavy atom. The maximum Gasteiger partial charge on any atom is 0.251 e. The molecule has 1 atom stereocenters. The number of amides is 1. The molecule has 20 heavy (non-hydrogen) atoms. The topological polar surface area (TPSA) is 75.3 Å². The van der Waals surface area contributed by atoms with Crippen LogP contribution in [-0.2, 0) is 9.84 Å². The molecule has 0 radical (unpaired) electrons. The van der Waals surface area contributed by atoms with Crippen molar-refractivity contribution in [3.8, 4) is 0 Å².